The SMILES string of the molecule is Nc1ccc(OCCC(=O)NCCc2cnc[nH]2)cc1. The molecule has 2 rings (SSSR count). The van der Waals surface area contributed by atoms with Crippen LogP contribution in [0.1, 0.15) is 12.1 Å². The van der Waals surface area contributed by atoms with Crippen molar-refractivity contribution in [3.8, 4) is 5.75 Å². The maximum Gasteiger partial charge on any atom is 0.223 e. The zero-order valence-corrected chi connectivity index (χ0v) is 11.1. The van der Waals surface area contributed by atoms with Gasteiger partial charge in [-0.05, 0) is 24.3 Å². The Balaban J connectivity index is 1.59. The zero-order valence-electron chi connectivity index (χ0n) is 11.1. The Morgan fingerprint density at radius 2 is 2.15 bits per heavy atom. The first-order valence-corrected chi connectivity index (χ1v) is 6.46. The highest BCUT2D eigenvalue weighted by Gasteiger charge is 2.02. The second-order valence-electron chi connectivity index (χ2n) is 4.34. The summed E-state index contributed by atoms with van der Waals surface area (Å²) >= 11 is 0. The van der Waals surface area contributed by atoms with Gasteiger partial charge in [0.1, 0.15) is 5.75 Å². The van der Waals surface area contributed by atoms with Gasteiger partial charge >= 0.3 is 0 Å². The molecule has 2 aromatic rings. The van der Waals surface area contributed by atoms with Crippen molar-refractivity contribution in [2.24, 2.45) is 0 Å². The Morgan fingerprint density at radius 1 is 1.35 bits per heavy atom. The molecule has 4 N–H and O–H groups in total. The highest BCUT2D eigenvalue weighted by molar-refractivity contribution is 5.75. The lowest BCUT2D eigenvalue weighted by Gasteiger charge is -2.07. The summed E-state index contributed by atoms with van der Waals surface area (Å²) in [5.41, 5.74) is 7.26. The van der Waals surface area contributed by atoms with E-state index in [2.05, 4.69) is 15.3 Å². The third kappa shape index (κ3) is 4.64. The van der Waals surface area contributed by atoms with Crippen molar-refractivity contribution in [2.75, 3.05) is 18.9 Å². The Hall–Kier alpha value is -2.50. The molecule has 0 radical (unpaired) electrons. The minimum atomic E-state index is -0.0278. The predicted molar refractivity (Wildman–Crippen MR) is 76.3 cm³/mol. The number of imidazole rings is 1. The predicted octanol–water partition coefficient (Wildman–Crippen LogP) is 1.12. The van der Waals surface area contributed by atoms with Crippen LogP contribution in [0, 0.1) is 0 Å². The number of nitrogens with two attached hydrogens (primary N) is 1. The number of nitrogens with zero attached hydrogens (tertiary/aromatic N) is 1. The molecule has 106 valence electrons. The molecule has 1 heterocycles. The summed E-state index contributed by atoms with van der Waals surface area (Å²) in [7, 11) is 0. The number of carbonyl (C=O) groups excluding carboxylic acids is 1. The fourth-order valence-corrected chi connectivity index (χ4v) is 1.67. The molecular weight excluding hydrogens is 256 g/mol. The van der Waals surface area contributed by atoms with Gasteiger partial charge in [-0.15, -0.1) is 0 Å². The normalized spacial score (nSPS) is 10.2. The van der Waals surface area contributed by atoms with Gasteiger partial charge in [0, 0.05) is 30.5 Å². The van der Waals surface area contributed by atoms with Gasteiger partial charge < -0.3 is 20.8 Å². The summed E-state index contributed by atoms with van der Waals surface area (Å²) < 4.78 is 5.45. The van der Waals surface area contributed by atoms with E-state index in [0.717, 1.165) is 12.1 Å². The lowest BCUT2D eigenvalue weighted by atomic mass is 10.3. The molecule has 0 fully saturated rings. The number of benzene rings is 1. The Labute approximate surface area is 117 Å². The molecule has 1 amide bonds. The van der Waals surface area contributed by atoms with E-state index in [1.54, 1.807) is 36.8 Å². The summed E-state index contributed by atoms with van der Waals surface area (Å²) in [6.07, 6.45) is 4.44. The van der Waals surface area contributed by atoms with E-state index in [0.29, 0.717) is 31.0 Å². The monoisotopic (exact) mass is 274 g/mol. The summed E-state index contributed by atoms with van der Waals surface area (Å²) in [5, 5.41) is 2.83. The average molecular weight is 274 g/mol. The molecule has 0 saturated carbocycles. The van der Waals surface area contributed by atoms with Crippen LogP contribution in [0.5, 0.6) is 5.75 Å². The van der Waals surface area contributed by atoms with Crippen LogP contribution < -0.4 is 15.8 Å². The molecule has 0 aliphatic rings. The van der Waals surface area contributed by atoms with Gasteiger partial charge in [-0.2, -0.15) is 0 Å². The molecule has 6 nitrogen and oxygen atoms in total. The number of amides is 1. The van der Waals surface area contributed by atoms with Crippen molar-refractivity contribution in [1.29, 1.82) is 0 Å². The lowest BCUT2D eigenvalue weighted by molar-refractivity contribution is -0.121. The van der Waals surface area contributed by atoms with Crippen molar-refractivity contribution in [2.45, 2.75) is 12.8 Å². The molecule has 1 aromatic carbocycles. The number of carbonyl (C=O) groups is 1. The number of nitrogen functional groups attached to an aromatic ring is 1. The second kappa shape index (κ2) is 7.18. The summed E-state index contributed by atoms with van der Waals surface area (Å²) in [6, 6.07) is 7.09. The molecule has 0 aliphatic carbocycles. The molecule has 0 spiro atoms. The molecule has 0 saturated heterocycles. The van der Waals surface area contributed by atoms with Crippen LogP contribution in [0.25, 0.3) is 0 Å². The van der Waals surface area contributed by atoms with Gasteiger partial charge in [0.25, 0.3) is 0 Å². The van der Waals surface area contributed by atoms with Gasteiger partial charge in [0.2, 0.25) is 5.91 Å². The van der Waals surface area contributed by atoms with E-state index in [1.165, 1.54) is 0 Å². The molecule has 20 heavy (non-hydrogen) atoms. The highest BCUT2D eigenvalue weighted by atomic mass is 16.5. The van der Waals surface area contributed by atoms with Gasteiger partial charge in [0.05, 0.1) is 19.4 Å². The third-order valence-corrected chi connectivity index (χ3v) is 2.75. The minimum absolute atomic E-state index is 0.0278. The maximum atomic E-state index is 11.6. The Morgan fingerprint density at radius 3 is 2.85 bits per heavy atom. The number of aromatic nitrogens is 2. The van der Waals surface area contributed by atoms with Crippen LogP contribution in [-0.4, -0.2) is 29.0 Å². The topological polar surface area (TPSA) is 93.0 Å². The summed E-state index contributed by atoms with van der Waals surface area (Å²) in [6.45, 7) is 0.933. The fourth-order valence-electron chi connectivity index (χ4n) is 1.67. The van der Waals surface area contributed by atoms with Gasteiger partial charge in [0.15, 0.2) is 0 Å². The molecular formula is C14H18N4O2. The largest absolute Gasteiger partial charge is 0.493 e. The molecule has 1 aromatic heterocycles. The maximum absolute atomic E-state index is 11.6. The molecule has 0 aliphatic heterocycles. The standard InChI is InChI=1S/C14H18N4O2/c15-11-1-3-13(4-2-11)20-8-6-14(19)17-7-5-12-9-16-10-18-12/h1-4,9-10H,5-8,15H2,(H,16,18)(H,17,19). The van der Waals surface area contributed by atoms with Crippen molar-refractivity contribution in [3.63, 3.8) is 0 Å². The van der Waals surface area contributed by atoms with E-state index in [-0.39, 0.29) is 5.91 Å². The van der Waals surface area contributed by atoms with Crippen molar-refractivity contribution >= 4 is 11.6 Å². The second-order valence-corrected chi connectivity index (χ2v) is 4.34. The third-order valence-electron chi connectivity index (χ3n) is 2.75. The van der Waals surface area contributed by atoms with Crippen LogP contribution >= 0.6 is 0 Å². The van der Waals surface area contributed by atoms with Gasteiger partial charge in [-0.3, -0.25) is 4.79 Å². The number of ether oxygens (including phenoxy) is 1. The fraction of sp³-hybridized carbons (Fsp3) is 0.286. The van der Waals surface area contributed by atoms with E-state index in [1.807, 2.05) is 0 Å². The molecule has 0 atom stereocenters. The molecule has 0 bridgehead atoms. The first kappa shape index (κ1) is 13.9. The number of anilines is 1. The van der Waals surface area contributed by atoms with Crippen molar-refractivity contribution in [1.82, 2.24) is 15.3 Å². The molecule has 0 unspecified atom stereocenters. The van der Waals surface area contributed by atoms with Crippen LogP contribution in [0.4, 0.5) is 5.69 Å². The van der Waals surface area contributed by atoms with Crippen molar-refractivity contribution < 1.29 is 9.53 Å². The number of H-pyrrole nitrogens is 1. The number of hydrogen-bond acceptors (Lipinski definition) is 4. The van der Waals surface area contributed by atoms with Gasteiger partial charge in [-0.1, -0.05) is 0 Å². The van der Waals surface area contributed by atoms with Crippen LogP contribution in [0.15, 0.2) is 36.8 Å². The lowest BCUT2D eigenvalue weighted by Crippen LogP contribution is -2.27. The summed E-state index contributed by atoms with van der Waals surface area (Å²) in [4.78, 5) is 18.5. The zero-order chi connectivity index (χ0) is 14.2. The summed E-state index contributed by atoms with van der Waals surface area (Å²) in [5.74, 6) is 0.685. The Bertz CT molecular complexity index is 523. The first-order valence-electron chi connectivity index (χ1n) is 6.46. The number of aromatic amines is 1. The quantitative estimate of drug-likeness (QED) is 0.660. The van der Waals surface area contributed by atoms with E-state index >= 15 is 0 Å². The smallest absolute Gasteiger partial charge is 0.223 e. The number of rotatable bonds is 7. The van der Waals surface area contributed by atoms with Crippen LogP contribution in [-0.2, 0) is 11.2 Å². The van der Waals surface area contributed by atoms with E-state index in [9.17, 15) is 4.79 Å². The Kier molecular flexibility index (Phi) is 5.00. The van der Waals surface area contributed by atoms with Crippen LogP contribution in [0.3, 0.4) is 0 Å². The van der Waals surface area contributed by atoms with E-state index < -0.39 is 0 Å². The average Bonchev–Trinajstić information content (AvgIpc) is 2.94. The van der Waals surface area contributed by atoms with Crippen molar-refractivity contribution in [3.05, 3.63) is 42.5 Å². The highest BCUT2D eigenvalue weighted by Crippen LogP contribution is 2.12. The van der Waals surface area contributed by atoms with E-state index in [4.69, 9.17) is 10.5 Å². The molecule has 6 heteroatoms. The number of hydrogen-bond donors (Lipinski definition) is 3. The first-order chi connectivity index (χ1) is 9.74. The minimum Gasteiger partial charge on any atom is -0.493 e. The number of nitrogens with one attached hydrogen (secondary N) is 2. The van der Waals surface area contributed by atoms with Gasteiger partial charge in [-0.25, -0.2) is 4.98 Å². The van der Waals surface area contributed by atoms with Crippen LogP contribution in [0.2, 0.25) is 0 Å².